The first-order chi connectivity index (χ1) is 11.0. The molecule has 1 unspecified atom stereocenters. The minimum Gasteiger partial charge on any atom is -0.598 e. The summed E-state index contributed by atoms with van der Waals surface area (Å²) in [7, 11) is 0. The summed E-state index contributed by atoms with van der Waals surface area (Å²) in [4.78, 5) is 0. The van der Waals surface area contributed by atoms with Crippen LogP contribution in [0.1, 0.15) is 38.7 Å². The van der Waals surface area contributed by atoms with Crippen LogP contribution >= 0.6 is 0 Å². The Morgan fingerprint density at radius 3 is 2.87 bits per heavy atom. The Bertz CT molecular complexity index is 586. The molecule has 0 bridgehead atoms. The van der Waals surface area contributed by atoms with Gasteiger partial charge >= 0.3 is 0 Å². The van der Waals surface area contributed by atoms with E-state index in [-0.39, 0.29) is 23.4 Å². The highest BCUT2D eigenvalue weighted by Crippen LogP contribution is 2.53. The molecule has 4 atom stereocenters. The van der Waals surface area contributed by atoms with Gasteiger partial charge in [0, 0.05) is 34.8 Å². The number of fused-ring (bicyclic) bond motifs is 3. The van der Waals surface area contributed by atoms with E-state index in [1.807, 2.05) is 13.8 Å². The highest BCUT2D eigenvalue weighted by atomic mass is 32.2. The largest absolute Gasteiger partial charge is 0.598 e. The second-order valence-corrected chi connectivity index (χ2v) is 8.26. The molecule has 0 spiro atoms. The molecule has 1 saturated carbocycles. The molecular formula is C17H23F2NO2S. The molecule has 1 aromatic carbocycles. The number of rotatable bonds is 4. The molecule has 3 nitrogen and oxygen atoms in total. The van der Waals surface area contributed by atoms with Crippen LogP contribution in [0.4, 0.5) is 8.78 Å². The number of hydrogen-bond donors (Lipinski definition) is 1. The molecule has 23 heavy (non-hydrogen) atoms. The van der Waals surface area contributed by atoms with E-state index in [4.69, 9.17) is 4.74 Å². The van der Waals surface area contributed by atoms with Crippen LogP contribution in [0, 0.1) is 23.5 Å². The van der Waals surface area contributed by atoms with Gasteiger partial charge in [0.15, 0.2) is 11.6 Å². The molecule has 1 aromatic rings. The normalized spacial score (nSPS) is 31.0. The summed E-state index contributed by atoms with van der Waals surface area (Å²) >= 11 is -1.03. The number of hydrogen-bond acceptors (Lipinski definition) is 3. The first kappa shape index (κ1) is 17.0. The van der Waals surface area contributed by atoms with Crippen molar-refractivity contribution >= 4 is 11.4 Å². The Balaban J connectivity index is 1.90. The van der Waals surface area contributed by atoms with E-state index in [1.165, 1.54) is 6.07 Å². The second kappa shape index (κ2) is 6.57. The Morgan fingerprint density at radius 2 is 2.13 bits per heavy atom. The summed E-state index contributed by atoms with van der Waals surface area (Å²) in [5.74, 6) is 0.108. The van der Waals surface area contributed by atoms with Gasteiger partial charge in [-0.2, -0.15) is 0 Å². The maximum Gasteiger partial charge on any atom is 0.165 e. The molecule has 2 aliphatic rings. The predicted molar refractivity (Wildman–Crippen MR) is 86.7 cm³/mol. The third-order valence-electron chi connectivity index (χ3n) is 5.46. The standard InChI is InChI=1S/C17H23F2NO2S/c1-3-23(21)20-9-11-5-4-8-17(2)12(11)10-22-16-14(19)7-6-13(18)15(16)17/h6-7,11-12,20H,3-5,8-10H2,1-2H3/t11-,12-,17+,23?/m0/s1. The number of ether oxygens (including phenoxy) is 1. The van der Waals surface area contributed by atoms with Crippen LogP contribution in [0.15, 0.2) is 12.1 Å². The molecule has 0 aromatic heterocycles. The average molecular weight is 343 g/mol. The van der Waals surface area contributed by atoms with E-state index in [0.29, 0.717) is 24.5 Å². The van der Waals surface area contributed by atoms with Gasteiger partial charge in [0.25, 0.3) is 0 Å². The Labute approximate surface area is 139 Å². The Kier molecular flexibility index (Phi) is 4.85. The van der Waals surface area contributed by atoms with E-state index < -0.39 is 22.6 Å². The predicted octanol–water partition coefficient (Wildman–Crippen LogP) is 3.30. The average Bonchev–Trinajstić information content (AvgIpc) is 2.54. The van der Waals surface area contributed by atoms with Crippen molar-refractivity contribution in [2.45, 2.75) is 38.5 Å². The fraction of sp³-hybridized carbons (Fsp3) is 0.647. The Hall–Kier alpha value is -0.850. The first-order valence-electron chi connectivity index (χ1n) is 8.20. The highest BCUT2D eigenvalue weighted by molar-refractivity contribution is 7.89. The quantitative estimate of drug-likeness (QED) is 0.853. The second-order valence-electron chi connectivity index (χ2n) is 6.70. The molecule has 1 N–H and O–H groups in total. The van der Waals surface area contributed by atoms with Crippen molar-refractivity contribution in [3.8, 4) is 5.75 Å². The van der Waals surface area contributed by atoms with Crippen LogP contribution in [-0.4, -0.2) is 23.5 Å². The fourth-order valence-electron chi connectivity index (χ4n) is 4.19. The molecule has 1 aliphatic carbocycles. The fourth-order valence-corrected chi connectivity index (χ4v) is 4.80. The van der Waals surface area contributed by atoms with Crippen LogP contribution in [0.25, 0.3) is 0 Å². The summed E-state index contributed by atoms with van der Waals surface area (Å²) < 4.78 is 48.8. The minimum atomic E-state index is -1.03. The minimum absolute atomic E-state index is 0.0782. The maximum atomic E-state index is 14.5. The lowest BCUT2D eigenvalue weighted by Crippen LogP contribution is -2.50. The monoisotopic (exact) mass is 343 g/mol. The summed E-state index contributed by atoms with van der Waals surface area (Å²) in [5.41, 5.74) is -0.0482. The Morgan fingerprint density at radius 1 is 1.39 bits per heavy atom. The van der Waals surface area contributed by atoms with Gasteiger partial charge < -0.3 is 9.29 Å². The molecule has 0 radical (unpaired) electrons. The molecule has 128 valence electrons. The summed E-state index contributed by atoms with van der Waals surface area (Å²) in [6, 6.07) is 2.32. The van der Waals surface area contributed by atoms with Crippen LogP contribution in [0.5, 0.6) is 5.75 Å². The van der Waals surface area contributed by atoms with Crippen LogP contribution in [0.2, 0.25) is 0 Å². The third-order valence-corrected chi connectivity index (χ3v) is 6.48. The van der Waals surface area contributed by atoms with Crippen molar-refractivity contribution in [1.29, 1.82) is 0 Å². The van der Waals surface area contributed by atoms with Crippen LogP contribution in [0.3, 0.4) is 0 Å². The van der Waals surface area contributed by atoms with Crippen molar-refractivity contribution < 1.29 is 18.1 Å². The molecule has 0 amide bonds. The highest BCUT2D eigenvalue weighted by Gasteiger charge is 2.49. The molecule has 1 heterocycles. The van der Waals surface area contributed by atoms with E-state index >= 15 is 0 Å². The van der Waals surface area contributed by atoms with Gasteiger partial charge in [-0.15, -0.1) is 4.72 Å². The van der Waals surface area contributed by atoms with Gasteiger partial charge in [-0.3, -0.25) is 0 Å². The summed E-state index contributed by atoms with van der Waals surface area (Å²) in [6.45, 7) is 4.89. The van der Waals surface area contributed by atoms with E-state index in [9.17, 15) is 13.3 Å². The lowest BCUT2D eigenvalue weighted by molar-refractivity contribution is 0.0456. The van der Waals surface area contributed by atoms with Gasteiger partial charge in [0.2, 0.25) is 0 Å². The topological polar surface area (TPSA) is 44.3 Å². The van der Waals surface area contributed by atoms with Gasteiger partial charge in [-0.25, -0.2) is 8.78 Å². The van der Waals surface area contributed by atoms with Crippen molar-refractivity contribution in [3.63, 3.8) is 0 Å². The maximum absolute atomic E-state index is 14.5. The zero-order valence-electron chi connectivity index (χ0n) is 13.5. The zero-order valence-corrected chi connectivity index (χ0v) is 14.3. The number of halogens is 2. The first-order valence-corrected chi connectivity index (χ1v) is 9.52. The van der Waals surface area contributed by atoms with Crippen molar-refractivity contribution in [3.05, 3.63) is 29.3 Å². The lowest BCUT2D eigenvalue weighted by Gasteiger charge is -2.49. The zero-order chi connectivity index (χ0) is 16.6. The van der Waals surface area contributed by atoms with Crippen molar-refractivity contribution in [2.24, 2.45) is 11.8 Å². The van der Waals surface area contributed by atoms with Gasteiger partial charge in [0.05, 0.1) is 6.61 Å². The molecule has 1 fully saturated rings. The van der Waals surface area contributed by atoms with E-state index in [2.05, 4.69) is 4.72 Å². The summed E-state index contributed by atoms with van der Waals surface area (Å²) in [5, 5.41) is 0. The van der Waals surface area contributed by atoms with E-state index in [0.717, 1.165) is 25.3 Å². The van der Waals surface area contributed by atoms with Crippen molar-refractivity contribution in [1.82, 2.24) is 4.72 Å². The molecular weight excluding hydrogens is 320 g/mol. The number of benzene rings is 1. The smallest absolute Gasteiger partial charge is 0.165 e. The summed E-state index contributed by atoms with van der Waals surface area (Å²) in [6.07, 6.45) is 2.76. The number of nitrogens with one attached hydrogen (secondary N) is 1. The van der Waals surface area contributed by atoms with Gasteiger partial charge in [0.1, 0.15) is 11.6 Å². The molecule has 1 aliphatic heterocycles. The van der Waals surface area contributed by atoms with Crippen LogP contribution < -0.4 is 9.46 Å². The van der Waals surface area contributed by atoms with Crippen molar-refractivity contribution in [2.75, 3.05) is 18.9 Å². The van der Waals surface area contributed by atoms with Gasteiger partial charge in [-0.05, 0) is 37.8 Å². The molecule has 3 rings (SSSR count). The van der Waals surface area contributed by atoms with Crippen LogP contribution in [-0.2, 0) is 16.8 Å². The third kappa shape index (κ3) is 2.96. The van der Waals surface area contributed by atoms with E-state index in [1.54, 1.807) is 0 Å². The lowest BCUT2D eigenvalue weighted by atomic mass is 9.58. The molecule has 6 heteroatoms. The SMILES string of the molecule is CC[S+]([O-])NC[C@@H]1CCC[C@@]2(C)c3c(F)ccc(F)c3OC[C@@H]12. The molecule has 0 saturated heterocycles. The van der Waals surface area contributed by atoms with Gasteiger partial charge in [-0.1, -0.05) is 13.3 Å².